The molecule has 1 saturated heterocycles. The summed E-state index contributed by atoms with van der Waals surface area (Å²) in [5, 5.41) is 6.48. The van der Waals surface area contributed by atoms with Gasteiger partial charge >= 0.3 is 6.03 Å². The number of nitrogens with zero attached hydrogens (tertiary/aromatic N) is 1. The molecular formula is C15H19N3O4S. The van der Waals surface area contributed by atoms with Crippen molar-refractivity contribution >= 4 is 27.0 Å². The zero-order valence-corrected chi connectivity index (χ0v) is 13.6. The topological polar surface area (TPSA) is 91.7 Å². The molecule has 1 aromatic carbocycles. The lowest BCUT2D eigenvalue weighted by Crippen LogP contribution is -2.54. The molecule has 1 fully saturated rings. The van der Waals surface area contributed by atoms with Crippen LogP contribution >= 0.6 is 0 Å². The zero-order valence-electron chi connectivity index (χ0n) is 12.8. The SMILES string of the molecule is CS(=O)(=O)N1CC(CNC(=O)NCc2cc3ccccc3o2)C1. The number of fused-ring (bicyclic) bond motifs is 1. The number of sulfonamides is 1. The second-order valence-corrected chi connectivity index (χ2v) is 7.74. The Morgan fingerprint density at radius 1 is 1.30 bits per heavy atom. The molecular weight excluding hydrogens is 318 g/mol. The number of nitrogens with one attached hydrogen (secondary N) is 2. The van der Waals surface area contributed by atoms with Crippen LogP contribution in [-0.4, -0.2) is 44.6 Å². The zero-order chi connectivity index (χ0) is 16.4. The van der Waals surface area contributed by atoms with E-state index in [9.17, 15) is 13.2 Å². The molecule has 2 N–H and O–H groups in total. The lowest BCUT2D eigenvalue weighted by atomic mass is 10.0. The quantitative estimate of drug-likeness (QED) is 0.855. The normalized spacial score (nSPS) is 16.2. The first-order chi connectivity index (χ1) is 10.9. The number of carbonyl (C=O) groups excluding carboxylic acids is 1. The highest BCUT2D eigenvalue weighted by Crippen LogP contribution is 2.19. The maximum absolute atomic E-state index is 11.8. The number of para-hydroxylation sites is 1. The molecule has 0 atom stereocenters. The van der Waals surface area contributed by atoms with Gasteiger partial charge in [0.2, 0.25) is 10.0 Å². The van der Waals surface area contributed by atoms with E-state index in [1.807, 2.05) is 30.3 Å². The van der Waals surface area contributed by atoms with Gasteiger partial charge in [-0.1, -0.05) is 18.2 Å². The number of rotatable bonds is 5. The molecule has 1 aliphatic rings. The van der Waals surface area contributed by atoms with E-state index in [2.05, 4.69) is 10.6 Å². The van der Waals surface area contributed by atoms with Gasteiger partial charge in [0.1, 0.15) is 11.3 Å². The summed E-state index contributed by atoms with van der Waals surface area (Å²) in [6.45, 7) is 1.68. The van der Waals surface area contributed by atoms with Gasteiger partial charge < -0.3 is 15.1 Å². The van der Waals surface area contributed by atoms with E-state index in [-0.39, 0.29) is 11.9 Å². The van der Waals surface area contributed by atoms with Crippen LogP contribution in [0.15, 0.2) is 34.7 Å². The predicted octanol–water partition coefficient (Wildman–Crippen LogP) is 1.12. The van der Waals surface area contributed by atoms with Gasteiger partial charge in [0.05, 0.1) is 12.8 Å². The molecule has 0 aliphatic carbocycles. The second-order valence-electron chi connectivity index (χ2n) is 5.76. The molecule has 3 rings (SSSR count). The molecule has 1 aromatic heterocycles. The molecule has 0 radical (unpaired) electrons. The van der Waals surface area contributed by atoms with Crippen molar-refractivity contribution in [2.24, 2.45) is 5.92 Å². The van der Waals surface area contributed by atoms with E-state index in [1.54, 1.807) is 0 Å². The Labute approximate surface area is 134 Å². The van der Waals surface area contributed by atoms with Crippen LogP contribution in [0.3, 0.4) is 0 Å². The molecule has 2 heterocycles. The first kappa shape index (κ1) is 15.8. The van der Waals surface area contributed by atoms with Crippen LogP contribution in [0.2, 0.25) is 0 Å². The minimum absolute atomic E-state index is 0.168. The van der Waals surface area contributed by atoms with Crippen LogP contribution in [0.4, 0.5) is 4.79 Å². The van der Waals surface area contributed by atoms with Crippen LogP contribution in [0.1, 0.15) is 5.76 Å². The summed E-state index contributed by atoms with van der Waals surface area (Å²) in [7, 11) is -3.10. The Morgan fingerprint density at radius 2 is 2.04 bits per heavy atom. The van der Waals surface area contributed by atoms with Gasteiger partial charge in [-0.25, -0.2) is 17.5 Å². The van der Waals surface area contributed by atoms with E-state index in [1.165, 1.54) is 10.6 Å². The minimum atomic E-state index is -3.10. The Morgan fingerprint density at radius 3 is 2.74 bits per heavy atom. The maximum atomic E-state index is 11.8. The van der Waals surface area contributed by atoms with Crippen molar-refractivity contribution in [2.45, 2.75) is 6.54 Å². The van der Waals surface area contributed by atoms with Crippen molar-refractivity contribution in [3.63, 3.8) is 0 Å². The number of hydrogen-bond acceptors (Lipinski definition) is 4. The summed E-state index contributed by atoms with van der Waals surface area (Å²) < 4.78 is 29.5. The first-order valence-electron chi connectivity index (χ1n) is 7.36. The third-order valence-electron chi connectivity index (χ3n) is 3.84. The average Bonchev–Trinajstić information content (AvgIpc) is 2.84. The highest BCUT2D eigenvalue weighted by atomic mass is 32.2. The van der Waals surface area contributed by atoms with Crippen LogP contribution < -0.4 is 10.6 Å². The molecule has 7 nitrogen and oxygen atoms in total. The smallest absolute Gasteiger partial charge is 0.315 e. The van der Waals surface area contributed by atoms with E-state index in [4.69, 9.17) is 4.42 Å². The van der Waals surface area contributed by atoms with Crippen molar-refractivity contribution in [2.75, 3.05) is 25.9 Å². The Balaban J connectivity index is 1.40. The summed E-state index contributed by atoms with van der Waals surface area (Å²) in [6, 6.07) is 9.26. The number of amides is 2. The Kier molecular flexibility index (Phi) is 4.27. The fraction of sp³-hybridized carbons (Fsp3) is 0.400. The third kappa shape index (κ3) is 3.83. The van der Waals surface area contributed by atoms with E-state index >= 15 is 0 Å². The van der Waals surface area contributed by atoms with Gasteiger partial charge in [-0.2, -0.15) is 0 Å². The van der Waals surface area contributed by atoms with Crippen LogP contribution in [0, 0.1) is 5.92 Å². The first-order valence-corrected chi connectivity index (χ1v) is 9.21. The van der Waals surface area contributed by atoms with Crippen molar-refractivity contribution in [1.82, 2.24) is 14.9 Å². The summed E-state index contributed by atoms with van der Waals surface area (Å²) in [6.07, 6.45) is 1.19. The lowest BCUT2D eigenvalue weighted by molar-refractivity contribution is 0.193. The van der Waals surface area contributed by atoms with Gasteiger partial charge in [0.15, 0.2) is 0 Å². The van der Waals surface area contributed by atoms with E-state index in [0.717, 1.165) is 11.0 Å². The van der Waals surface area contributed by atoms with Gasteiger partial charge in [0.25, 0.3) is 0 Å². The average molecular weight is 337 g/mol. The summed E-state index contributed by atoms with van der Waals surface area (Å²) in [5.74, 6) is 0.856. The van der Waals surface area contributed by atoms with Gasteiger partial charge in [-0.05, 0) is 12.1 Å². The summed E-state index contributed by atoms with van der Waals surface area (Å²) in [5.41, 5.74) is 0.792. The molecule has 0 unspecified atom stereocenters. The maximum Gasteiger partial charge on any atom is 0.315 e. The molecule has 2 amide bonds. The molecule has 2 aromatic rings. The van der Waals surface area contributed by atoms with E-state index < -0.39 is 10.0 Å². The monoisotopic (exact) mass is 337 g/mol. The predicted molar refractivity (Wildman–Crippen MR) is 86.4 cm³/mol. The van der Waals surface area contributed by atoms with Crippen LogP contribution in [0.25, 0.3) is 11.0 Å². The standard InChI is InChI=1S/C15H19N3O4S/c1-23(20,21)18-9-11(10-18)7-16-15(19)17-8-13-6-12-4-2-3-5-14(12)22-13/h2-6,11H,7-10H2,1H3,(H2,16,17,19). The molecule has 0 bridgehead atoms. The molecule has 0 spiro atoms. The summed E-state index contributed by atoms with van der Waals surface area (Å²) in [4.78, 5) is 11.8. The number of hydrogen-bond donors (Lipinski definition) is 2. The molecule has 8 heteroatoms. The minimum Gasteiger partial charge on any atom is -0.459 e. The number of benzene rings is 1. The van der Waals surface area contributed by atoms with Crippen LogP contribution in [-0.2, 0) is 16.6 Å². The molecule has 1 aliphatic heterocycles. The summed E-state index contributed by atoms with van der Waals surface area (Å²) >= 11 is 0. The molecule has 23 heavy (non-hydrogen) atoms. The van der Waals surface area contributed by atoms with Gasteiger partial charge in [-0.3, -0.25) is 0 Å². The fourth-order valence-corrected chi connectivity index (χ4v) is 3.48. The number of furan rings is 1. The Bertz CT molecular complexity index is 776. The second kappa shape index (κ2) is 6.21. The highest BCUT2D eigenvalue weighted by Gasteiger charge is 2.32. The van der Waals surface area contributed by atoms with Gasteiger partial charge in [-0.15, -0.1) is 0 Å². The number of urea groups is 1. The lowest BCUT2D eigenvalue weighted by Gasteiger charge is -2.37. The van der Waals surface area contributed by atoms with Crippen molar-refractivity contribution in [1.29, 1.82) is 0 Å². The highest BCUT2D eigenvalue weighted by molar-refractivity contribution is 7.88. The Hall–Kier alpha value is -2.06. The van der Waals surface area contributed by atoms with Gasteiger partial charge in [0, 0.05) is 30.9 Å². The van der Waals surface area contributed by atoms with Crippen molar-refractivity contribution in [3.05, 3.63) is 36.1 Å². The largest absolute Gasteiger partial charge is 0.459 e. The van der Waals surface area contributed by atoms with Crippen LogP contribution in [0.5, 0.6) is 0 Å². The van der Waals surface area contributed by atoms with Crippen molar-refractivity contribution in [3.8, 4) is 0 Å². The number of carbonyl (C=O) groups is 1. The molecule has 0 saturated carbocycles. The van der Waals surface area contributed by atoms with E-state index in [0.29, 0.717) is 31.9 Å². The fourth-order valence-electron chi connectivity index (χ4n) is 2.51. The van der Waals surface area contributed by atoms with Crippen molar-refractivity contribution < 1.29 is 17.6 Å². The molecule has 124 valence electrons. The third-order valence-corrected chi connectivity index (χ3v) is 5.08.